The van der Waals surface area contributed by atoms with Gasteiger partial charge >= 0.3 is 5.97 Å². The second-order valence-electron chi connectivity index (χ2n) is 5.08. The molecular formula is C16H26N2O3. The van der Waals surface area contributed by atoms with Crippen LogP contribution in [0.3, 0.4) is 0 Å². The zero-order valence-electron chi connectivity index (χ0n) is 13.4. The van der Waals surface area contributed by atoms with Crippen LogP contribution in [0.5, 0.6) is 5.75 Å². The lowest BCUT2D eigenvalue weighted by molar-refractivity contribution is 0.0466. The summed E-state index contributed by atoms with van der Waals surface area (Å²) in [5.41, 5.74) is 6.78. The third kappa shape index (κ3) is 5.63. The van der Waals surface area contributed by atoms with Crippen molar-refractivity contribution in [3.05, 3.63) is 23.8 Å². The lowest BCUT2D eigenvalue weighted by atomic mass is 10.2. The molecule has 0 aromatic heterocycles. The van der Waals surface area contributed by atoms with Crippen molar-refractivity contribution in [2.45, 2.75) is 33.8 Å². The number of hydrogen-bond donors (Lipinski definition) is 1. The van der Waals surface area contributed by atoms with E-state index in [1.165, 1.54) is 0 Å². The Balaban J connectivity index is 2.57. The molecule has 0 heterocycles. The van der Waals surface area contributed by atoms with Crippen molar-refractivity contribution < 1.29 is 14.3 Å². The molecule has 0 aliphatic heterocycles. The van der Waals surface area contributed by atoms with Gasteiger partial charge in [-0.15, -0.1) is 0 Å². The van der Waals surface area contributed by atoms with Crippen molar-refractivity contribution in [1.82, 2.24) is 4.90 Å². The standard InChI is InChI=1S/C16H26N2O3/c1-5-18(6-2)9-10-20-16(19)13-7-8-15(14(17)11-13)21-12(3)4/h7-8,11-12H,5-6,9-10,17H2,1-4H3. The number of nitrogens with two attached hydrogens (primary N) is 1. The van der Waals surface area contributed by atoms with Crippen LogP contribution in [0, 0.1) is 0 Å². The van der Waals surface area contributed by atoms with Gasteiger partial charge in [0, 0.05) is 6.54 Å². The molecule has 118 valence electrons. The number of anilines is 1. The van der Waals surface area contributed by atoms with Gasteiger partial charge < -0.3 is 20.1 Å². The summed E-state index contributed by atoms with van der Waals surface area (Å²) in [5.74, 6) is 0.231. The smallest absolute Gasteiger partial charge is 0.338 e. The van der Waals surface area contributed by atoms with Crippen LogP contribution >= 0.6 is 0 Å². The Morgan fingerprint density at radius 3 is 2.48 bits per heavy atom. The first-order valence-corrected chi connectivity index (χ1v) is 7.43. The van der Waals surface area contributed by atoms with Crippen LogP contribution in [0.2, 0.25) is 0 Å². The number of ether oxygens (including phenoxy) is 2. The van der Waals surface area contributed by atoms with E-state index in [1.807, 2.05) is 13.8 Å². The molecule has 0 bridgehead atoms. The highest BCUT2D eigenvalue weighted by Gasteiger charge is 2.11. The first kappa shape index (κ1) is 17.3. The number of rotatable bonds is 8. The highest BCUT2D eigenvalue weighted by molar-refractivity contribution is 5.91. The molecule has 0 atom stereocenters. The molecule has 21 heavy (non-hydrogen) atoms. The molecule has 0 saturated carbocycles. The molecule has 0 aliphatic rings. The lowest BCUT2D eigenvalue weighted by Gasteiger charge is -2.17. The van der Waals surface area contributed by atoms with Gasteiger partial charge in [0.05, 0.1) is 17.4 Å². The number of carbonyl (C=O) groups is 1. The van der Waals surface area contributed by atoms with Crippen LogP contribution in [0.1, 0.15) is 38.1 Å². The van der Waals surface area contributed by atoms with E-state index >= 15 is 0 Å². The summed E-state index contributed by atoms with van der Waals surface area (Å²) in [7, 11) is 0. The van der Waals surface area contributed by atoms with E-state index in [1.54, 1.807) is 18.2 Å². The molecule has 2 N–H and O–H groups in total. The van der Waals surface area contributed by atoms with E-state index in [2.05, 4.69) is 18.7 Å². The Bertz CT molecular complexity index is 457. The average molecular weight is 294 g/mol. The normalized spacial score (nSPS) is 11.0. The van der Waals surface area contributed by atoms with Gasteiger partial charge in [-0.25, -0.2) is 4.79 Å². The van der Waals surface area contributed by atoms with E-state index in [0.717, 1.165) is 19.6 Å². The Morgan fingerprint density at radius 2 is 1.95 bits per heavy atom. The third-order valence-electron chi connectivity index (χ3n) is 3.14. The van der Waals surface area contributed by atoms with Crippen LogP contribution < -0.4 is 10.5 Å². The molecule has 5 heteroatoms. The molecule has 1 aromatic rings. The van der Waals surface area contributed by atoms with Crippen molar-refractivity contribution in [3.63, 3.8) is 0 Å². The van der Waals surface area contributed by atoms with E-state index < -0.39 is 0 Å². The van der Waals surface area contributed by atoms with Gasteiger partial charge in [-0.1, -0.05) is 13.8 Å². The number of carbonyl (C=O) groups excluding carboxylic acids is 1. The number of esters is 1. The minimum Gasteiger partial charge on any atom is -0.489 e. The first-order chi connectivity index (χ1) is 9.97. The van der Waals surface area contributed by atoms with Crippen LogP contribution in [-0.2, 0) is 4.74 Å². The summed E-state index contributed by atoms with van der Waals surface area (Å²) in [5, 5.41) is 0. The summed E-state index contributed by atoms with van der Waals surface area (Å²) in [6.07, 6.45) is 0.0409. The zero-order valence-corrected chi connectivity index (χ0v) is 13.4. The van der Waals surface area contributed by atoms with Crippen molar-refractivity contribution in [2.24, 2.45) is 0 Å². The number of nitrogens with zero attached hydrogens (tertiary/aromatic N) is 1. The molecular weight excluding hydrogens is 268 g/mol. The molecule has 1 rings (SSSR count). The van der Waals surface area contributed by atoms with Gasteiger partial charge in [0.25, 0.3) is 0 Å². The quantitative estimate of drug-likeness (QED) is 0.589. The van der Waals surface area contributed by atoms with E-state index in [0.29, 0.717) is 23.6 Å². The van der Waals surface area contributed by atoms with Crippen molar-refractivity contribution in [3.8, 4) is 5.75 Å². The second kappa shape index (κ2) is 8.52. The predicted molar refractivity (Wildman–Crippen MR) is 84.7 cm³/mol. The third-order valence-corrected chi connectivity index (χ3v) is 3.14. The molecule has 0 aliphatic carbocycles. The molecule has 0 fully saturated rings. The Labute approximate surface area is 127 Å². The Hall–Kier alpha value is -1.75. The predicted octanol–water partition coefficient (Wildman–Crippen LogP) is 2.55. The monoisotopic (exact) mass is 294 g/mol. The van der Waals surface area contributed by atoms with Crippen LogP contribution in [0.25, 0.3) is 0 Å². The van der Waals surface area contributed by atoms with Gasteiger partial charge in [0.15, 0.2) is 0 Å². The maximum atomic E-state index is 12.0. The maximum Gasteiger partial charge on any atom is 0.338 e. The first-order valence-electron chi connectivity index (χ1n) is 7.43. The van der Waals surface area contributed by atoms with Gasteiger partial charge in [-0.2, -0.15) is 0 Å². The molecule has 0 saturated heterocycles. The zero-order chi connectivity index (χ0) is 15.8. The van der Waals surface area contributed by atoms with Crippen LogP contribution in [-0.4, -0.2) is 43.2 Å². The topological polar surface area (TPSA) is 64.8 Å². The average Bonchev–Trinajstić information content (AvgIpc) is 2.45. The Kier molecular flexibility index (Phi) is 7.02. The summed E-state index contributed by atoms with van der Waals surface area (Å²) in [6.45, 7) is 11.0. The van der Waals surface area contributed by atoms with Gasteiger partial charge in [-0.3, -0.25) is 0 Å². The summed E-state index contributed by atoms with van der Waals surface area (Å²) in [4.78, 5) is 14.1. The van der Waals surface area contributed by atoms with Crippen molar-refractivity contribution in [1.29, 1.82) is 0 Å². The highest BCUT2D eigenvalue weighted by atomic mass is 16.5. The molecule has 0 radical (unpaired) electrons. The van der Waals surface area contributed by atoms with Gasteiger partial charge in [0.2, 0.25) is 0 Å². The fraction of sp³-hybridized carbons (Fsp3) is 0.562. The molecule has 0 unspecified atom stereocenters. The van der Waals surface area contributed by atoms with Crippen molar-refractivity contribution >= 4 is 11.7 Å². The SMILES string of the molecule is CCN(CC)CCOC(=O)c1ccc(OC(C)C)c(N)c1. The molecule has 0 amide bonds. The van der Waals surface area contributed by atoms with Gasteiger partial charge in [0.1, 0.15) is 12.4 Å². The van der Waals surface area contributed by atoms with E-state index in [9.17, 15) is 4.79 Å². The van der Waals surface area contributed by atoms with E-state index in [4.69, 9.17) is 15.2 Å². The number of hydrogen-bond acceptors (Lipinski definition) is 5. The molecule has 0 spiro atoms. The van der Waals surface area contributed by atoms with Gasteiger partial charge in [-0.05, 0) is 45.1 Å². The summed E-state index contributed by atoms with van der Waals surface area (Å²) in [6, 6.07) is 4.97. The summed E-state index contributed by atoms with van der Waals surface area (Å²) < 4.78 is 10.8. The number of benzene rings is 1. The fourth-order valence-electron chi connectivity index (χ4n) is 1.93. The highest BCUT2D eigenvalue weighted by Crippen LogP contribution is 2.24. The maximum absolute atomic E-state index is 12.0. The van der Waals surface area contributed by atoms with Crippen LogP contribution in [0.4, 0.5) is 5.69 Å². The van der Waals surface area contributed by atoms with Crippen LogP contribution in [0.15, 0.2) is 18.2 Å². The summed E-state index contributed by atoms with van der Waals surface area (Å²) >= 11 is 0. The Morgan fingerprint density at radius 1 is 1.29 bits per heavy atom. The van der Waals surface area contributed by atoms with Crippen molar-refractivity contribution in [2.75, 3.05) is 32.0 Å². The molecule has 5 nitrogen and oxygen atoms in total. The second-order valence-corrected chi connectivity index (χ2v) is 5.08. The minimum atomic E-state index is -0.357. The lowest BCUT2D eigenvalue weighted by Crippen LogP contribution is -2.27. The number of likely N-dealkylation sites (N-methyl/N-ethyl adjacent to an activating group) is 1. The fourth-order valence-corrected chi connectivity index (χ4v) is 1.93. The molecule has 1 aromatic carbocycles. The van der Waals surface area contributed by atoms with E-state index in [-0.39, 0.29) is 12.1 Å². The minimum absolute atomic E-state index is 0.0409. The number of nitrogen functional groups attached to an aromatic ring is 1. The largest absolute Gasteiger partial charge is 0.489 e.